The van der Waals surface area contributed by atoms with Crippen LogP contribution in [0.15, 0.2) is 48.5 Å². The van der Waals surface area contributed by atoms with Crippen LogP contribution in [0.2, 0.25) is 0 Å². The normalized spacial score (nSPS) is 13.3. The summed E-state index contributed by atoms with van der Waals surface area (Å²) in [5, 5.41) is 6.05. The van der Waals surface area contributed by atoms with E-state index in [2.05, 4.69) is 27.7 Å². The number of carbonyl (C=O) groups is 4. The fourth-order valence-corrected chi connectivity index (χ4v) is 12.9. The van der Waals surface area contributed by atoms with Gasteiger partial charge in [-0.15, -0.1) is 0 Å². The molecule has 6 rings (SSSR count). The Kier molecular flexibility index (Phi) is 29.6. The van der Waals surface area contributed by atoms with Crippen molar-refractivity contribution in [3.8, 4) is 0 Å². The highest BCUT2D eigenvalue weighted by molar-refractivity contribution is 6.39. The first-order chi connectivity index (χ1) is 38.8. The molecule has 79 heavy (non-hydrogen) atoms. The maximum Gasteiger partial charge on any atom is 0.346 e. The third kappa shape index (κ3) is 19.9. The largest absolute Gasteiger partial charge is 0.462 e. The molecule has 2 atom stereocenters. The van der Waals surface area contributed by atoms with E-state index in [4.69, 9.17) is 14.2 Å². The van der Waals surface area contributed by atoms with Gasteiger partial charge in [0.1, 0.15) is 0 Å². The lowest BCUT2D eigenvalue weighted by molar-refractivity contribution is 0.0384. The minimum absolute atomic E-state index is 0.275. The Hall–Kier alpha value is -4.52. The number of hydrogen-bond acceptors (Lipinski definition) is 7. The number of rotatable bonds is 46. The highest BCUT2D eigenvalue weighted by atomic mass is 16.6. The van der Waals surface area contributed by atoms with Crippen LogP contribution in [0.3, 0.4) is 0 Å². The minimum Gasteiger partial charge on any atom is -0.462 e. The second-order valence-electron chi connectivity index (χ2n) is 24.2. The second kappa shape index (κ2) is 36.8. The lowest BCUT2D eigenvalue weighted by Crippen LogP contribution is -2.19. The maximum atomic E-state index is 14.9. The SMILES string of the molecule is CCCCCCCCCCCCC(CCCCCCCCCC)COC(=O)c1ccc2c3ccc4c5c(ccc(c6ccc(C(=O)OCC(CCCCCCCCCC)CCCCCCCCCCCC)c1c26)c53)C(=O)OC4=O. The number of esters is 4. The van der Waals surface area contributed by atoms with Crippen LogP contribution < -0.4 is 0 Å². The molecule has 0 saturated carbocycles. The predicted molar refractivity (Wildman–Crippen MR) is 332 cm³/mol. The Morgan fingerprint density at radius 2 is 0.582 bits per heavy atom. The number of benzene rings is 5. The van der Waals surface area contributed by atoms with E-state index in [0.29, 0.717) is 46.2 Å². The van der Waals surface area contributed by atoms with Crippen molar-refractivity contribution in [1.29, 1.82) is 0 Å². The second-order valence-corrected chi connectivity index (χ2v) is 24.2. The van der Waals surface area contributed by atoms with Crippen LogP contribution in [0.5, 0.6) is 0 Å². The summed E-state index contributed by atoms with van der Waals surface area (Å²) < 4.78 is 18.0. The molecule has 0 amide bonds. The minimum atomic E-state index is -0.656. The zero-order valence-electron chi connectivity index (χ0n) is 50.3. The predicted octanol–water partition coefficient (Wildman–Crippen LogP) is 22.3. The lowest BCUT2D eigenvalue weighted by atomic mass is 9.84. The van der Waals surface area contributed by atoms with Crippen molar-refractivity contribution in [2.24, 2.45) is 11.8 Å². The zero-order chi connectivity index (χ0) is 55.9. The van der Waals surface area contributed by atoms with Crippen LogP contribution >= 0.6 is 0 Å². The Morgan fingerprint density at radius 1 is 0.329 bits per heavy atom. The summed E-state index contributed by atoms with van der Waals surface area (Å²) in [5.41, 5.74) is 1.44. The summed E-state index contributed by atoms with van der Waals surface area (Å²) in [6.45, 7) is 9.80. The van der Waals surface area contributed by atoms with E-state index in [1.807, 2.05) is 36.4 Å². The molecule has 1 aliphatic rings. The number of unbranched alkanes of at least 4 members (excludes halogenated alkanes) is 32. The third-order valence-electron chi connectivity index (χ3n) is 17.7. The molecule has 0 aliphatic carbocycles. The quantitative estimate of drug-likeness (QED) is 0.00956. The van der Waals surface area contributed by atoms with Gasteiger partial charge in [-0.1, -0.05) is 283 Å². The molecule has 0 fully saturated rings. The lowest BCUT2D eigenvalue weighted by Gasteiger charge is -2.22. The average molecular weight is 1080 g/mol. The summed E-state index contributed by atoms with van der Waals surface area (Å²) >= 11 is 0. The molecule has 0 spiro atoms. The topological polar surface area (TPSA) is 96.0 Å². The fourth-order valence-electron chi connectivity index (χ4n) is 12.9. The van der Waals surface area contributed by atoms with Crippen molar-refractivity contribution in [3.63, 3.8) is 0 Å². The summed E-state index contributed by atoms with van der Waals surface area (Å²) in [5.74, 6) is -1.60. The van der Waals surface area contributed by atoms with Crippen LogP contribution in [-0.2, 0) is 14.2 Å². The number of ether oxygens (including phenoxy) is 3. The molecular formula is C72H106O7. The van der Waals surface area contributed by atoms with Gasteiger partial charge in [0, 0.05) is 10.8 Å². The fraction of sp³-hybridized carbons (Fsp3) is 0.667. The van der Waals surface area contributed by atoms with E-state index >= 15 is 0 Å². The summed E-state index contributed by atoms with van der Waals surface area (Å²) in [6, 6.07) is 14.9. The average Bonchev–Trinajstić information content (AvgIpc) is 3.51. The highest BCUT2D eigenvalue weighted by Crippen LogP contribution is 2.45. The summed E-state index contributed by atoms with van der Waals surface area (Å²) in [4.78, 5) is 56.0. The van der Waals surface area contributed by atoms with Crippen LogP contribution in [-0.4, -0.2) is 37.1 Å². The molecule has 7 heteroatoms. The van der Waals surface area contributed by atoms with E-state index in [1.54, 1.807) is 12.1 Å². The van der Waals surface area contributed by atoms with E-state index < -0.39 is 23.9 Å². The van der Waals surface area contributed by atoms with E-state index in [1.165, 1.54) is 205 Å². The molecule has 2 unspecified atom stereocenters. The van der Waals surface area contributed by atoms with Gasteiger partial charge in [0.15, 0.2) is 0 Å². The number of hydrogen-bond donors (Lipinski definition) is 0. The van der Waals surface area contributed by atoms with Crippen molar-refractivity contribution in [2.75, 3.05) is 13.2 Å². The van der Waals surface area contributed by atoms with Gasteiger partial charge in [0.25, 0.3) is 0 Å². The highest BCUT2D eigenvalue weighted by Gasteiger charge is 2.31. The van der Waals surface area contributed by atoms with Gasteiger partial charge in [0.2, 0.25) is 0 Å². The molecular weight excluding hydrogens is 977 g/mol. The third-order valence-corrected chi connectivity index (χ3v) is 17.7. The van der Waals surface area contributed by atoms with E-state index in [0.717, 1.165) is 83.7 Å². The first-order valence-corrected chi connectivity index (χ1v) is 33.1. The first-order valence-electron chi connectivity index (χ1n) is 33.1. The zero-order valence-corrected chi connectivity index (χ0v) is 50.3. The van der Waals surface area contributed by atoms with Gasteiger partial charge >= 0.3 is 23.9 Å². The van der Waals surface area contributed by atoms with Crippen LogP contribution in [0.25, 0.3) is 43.1 Å². The summed E-state index contributed by atoms with van der Waals surface area (Å²) in [7, 11) is 0. The van der Waals surface area contributed by atoms with Gasteiger partial charge in [-0.25, -0.2) is 19.2 Å². The van der Waals surface area contributed by atoms with E-state index in [-0.39, 0.29) is 11.8 Å². The molecule has 1 aliphatic heterocycles. The molecule has 0 aromatic heterocycles. The molecule has 0 bridgehead atoms. The monoisotopic (exact) mass is 1080 g/mol. The first kappa shape index (κ1) is 63.7. The standard InChI is InChI=1S/C72H106O7/c1-5-9-13-17-21-25-27-31-35-39-43-55(41-37-33-29-23-19-15-11-7-3)53-77-69(73)61-49-45-57-59-47-51-63-68-64(72(76)79-71(63)75)52-48-60(66(59)68)58-46-50-62(67(61)65(57)58)70(74)78-54-56(42-38-34-30-24-20-16-12-8-4)44-40-36-32-28-26-22-18-14-10-6-2/h45-52,55-56H,5-44,53-54H2,1-4H3. The number of cyclic esters (lactones) is 2. The van der Waals surface area contributed by atoms with Gasteiger partial charge in [-0.05, 0) is 94.1 Å². The molecule has 5 aromatic rings. The van der Waals surface area contributed by atoms with Crippen molar-refractivity contribution in [3.05, 3.63) is 70.8 Å². The number of fused-ring (bicyclic) bond motifs is 2. The van der Waals surface area contributed by atoms with Crippen molar-refractivity contribution in [2.45, 2.75) is 285 Å². The molecule has 436 valence electrons. The van der Waals surface area contributed by atoms with Gasteiger partial charge in [-0.2, -0.15) is 0 Å². The van der Waals surface area contributed by atoms with Gasteiger partial charge in [0.05, 0.1) is 35.5 Å². The molecule has 0 N–H and O–H groups in total. The number of carbonyl (C=O) groups excluding carboxylic acids is 4. The molecule has 0 radical (unpaired) electrons. The van der Waals surface area contributed by atoms with Crippen molar-refractivity contribution < 1.29 is 33.4 Å². The maximum absolute atomic E-state index is 14.9. The van der Waals surface area contributed by atoms with Crippen molar-refractivity contribution >= 4 is 67.0 Å². The smallest absolute Gasteiger partial charge is 0.346 e. The van der Waals surface area contributed by atoms with Crippen molar-refractivity contribution in [1.82, 2.24) is 0 Å². The molecule has 5 aromatic carbocycles. The van der Waals surface area contributed by atoms with E-state index in [9.17, 15) is 19.2 Å². The van der Waals surface area contributed by atoms with Crippen LogP contribution in [0.1, 0.15) is 326 Å². The van der Waals surface area contributed by atoms with Gasteiger partial charge < -0.3 is 14.2 Å². The van der Waals surface area contributed by atoms with Crippen LogP contribution in [0.4, 0.5) is 0 Å². The van der Waals surface area contributed by atoms with Gasteiger partial charge in [-0.3, -0.25) is 0 Å². The molecule has 1 heterocycles. The Morgan fingerprint density at radius 3 is 0.873 bits per heavy atom. The molecule has 7 nitrogen and oxygen atoms in total. The Balaban J connectivity index is 1.24. The molecule has 0 saturated heterocycles. The Labute approximate surface area is 478 Å². The van der Waals surface area contributed by atoms with Crippen LogP contribution in [0, 0.1) is 11.8 Å². The Bertz CT molecular complexity index is 2410. The summed E-state index contributed by atoms with van der Waals surface area (Å²) in [6.07, 6.45) is 50.2.